The van der Waals surface area contributed by atoms with Crippen LogP contribution in [0.1, 0.15) is 17.2 Å². The van der Waals surface area contributed by atoms with Crippen molar-refractivity contribution in [2.45, 2.75) is 13.0 Å². The highest BCUT2D eigenvalue weighted by molar-refractivity contribution is 5.30. The smallest absolute Gasteiger partial charge is 0.129 e. The van der Waals surface area contributed by atoms with Crippen LogP contribution in [-0.2, 0) is 0 Å². The van der Waals surface area contributed by atoms with E-state index in [2.05, 4.69) is 11.3 Å². The minimum Gasteiger partial charge on any atom is -0.270 e. The molecule has 0 bridgehead atoms. The molecule has 13 heavy (non-hydrogen) atoms. The minimum atomic E-state index is -0.570. The lowest BCUT2D eigenvalue weighted by molar-refractivity contribution is 0.574. The maximum absolute atomic E-state index is 13.2. The van der Waals surface area contributed by atoms with Crippen LogP contribution in [0.3, 0.4) is 0 Å². The summed E-state index contributed by atoms with van der Waals surface area (Å²) in [6.07, 6.45) is 5.18. The number of nitrogens with two attached hydrogens (primary N) is 1. The molecule has 0 heterocycles. The second kappa shape index (κ2) is 4.04. The standard InChI is InChI=1S/C10H11FN2/c1-3-10(13-12)8-6-7(2)4-5-9(8)11/h1,4-6,10,13H,12H2,2H3. The summed E-state index contributed by atoms with van der Waals surface area (Å²) in [5, 5.41) is 0. The summed E-state index contributed by atoms with van der Waals surface area (Å²) in [6.45, 7) is 1.87. The second-order valence-electron chi connectivity index (χ2n) is 2.79. The van der Waals surface area contributed by atoms with Gasteiger partial charge in [0.2, 0.25) is 0 Å². The van der Waals surface area contributed by atoms with Gasteiger partial charge in [-0.1, -0.05) is 23.6 Å². The average Bonchev–Trinajstić information content (AvgIpc) is 2.13. The van der Waals surface area contributed by atoms with Crippen molar-refractivity contribution in [3.63, 3.8) is 0 Å². The fraction of sp³-hybridized carbons (Fsp3) is 0.200. The molecular weight excluding hydrogens is 167 g/mol. The van der Waals surface area contributed by atoms with Gasteiger partial charge in [-0.2, -0.15) is 0 Å². The summed E-state index contributed by atoms with van der Waals surface area (Å²) >= 11 is 0. The average molecular weight is 178 g/mol. The number of rotatable bonds is 2. The molecule has 1 unspecified atom stereocenters. The Bertz CT molecular complexity index is 341. The van der Waals surface area contributed by atoms with Gasteiger partial charge in [-0.05, 0) is 13.0 Å². The molecule has 0 spiro atoms. The van der Waals surface area contributed by atoms with E-state index in [1.165, 1.54) is 6.07 Å². The molecule has 0 aromatic heterocycles. The Kier molecular flexibility index (Phi) is 3.02. The number of terminal acetylenes is 1. The fourth-order valence-corrected chi connectivity index (χ4v) is 1.11. The lowest BCUT2D eigenvalue weighted by Gasteiger charge is -2.10. The van der Waals surface area contributed by atoms with Gasteiger partial charge in [-0.15, -0.1) is 6.42 Å². The summed E-state index contributed by atoms with van der Waals surface area (Å²) in [4.78, 5) is 0. The Morgan fingerprint density at radius 2 is 2.31 bits per heavy atom. The first-order valence-corrected chi connectivity index (χ1v) is 3.87. The Balaban J connectivity index is 3.13. The van der Waals surface area contributed by atoms with E-state index < -0.39 is 6.04 Å². The number of benzene rings is 1. The number of nitrogens with one attached hydrogen (secondary N) is 1. The topological polar surface area (TPSA) is 38.0 Å². The van der Waals surface area contributed by atoms with Crippen molar-refractivity contribution in [1.29, 1.82) is 0 Å². The summed E-state index contributed by atoms with van der Waals surface area (Å²) in [5.41, 5.74) is 3.72. The number of halogens is 1. The van der Waals surface area contributed by atoms with Crippen molar-refractivity contribution in [3.8, 4) is 12.3 Å². The first-order valence-electron chi connectivity index (χ1n) is 3.87. The second-order valence-corrected chi connectivity index (χ2v) is 2.79. The van der Waals surface area contributed by atoms with E-state index in [0.717, 1.165) is 5.56 Å². The van der Waals surface area contributed by atoms with Gasteiger partial charge >= 0.3 is 0 Å². The zero-order valence-electron chi connectivity index (χ0n) is 7.34. The minimum absolute atomic E-state index is 0.341. The summed E-state index contributed by atoms with van der Waals surface area (Å²) in [5.74, 6) is 7.19. The lowest BCUT2D eigenvalue weighted by atomic mass is 10.0. The molecule has 2 nitrogen and oxygen atoms in total. The highest BCUT2D eigenvalue weighted by Gasteiger charge is 2.10. The van der Waals surface area contributed by atoms with Gasteiger partial charge in [0.1, 0.15) is 11.9 Å². The van der Waals surface area contributed by atoms with Gasteiger partial charge in [-0.25, -0.2) is 9.82 Å². The van der Waals surface area contributed by atoms with E-state index in [0.29, 0.717) is 5.56 Å². The van der Waals surface area contributed by atoms with Crippen LogP contribution in [0.2, 0.25) is 0 Å². The molecule has 0 saturated heterocycles. The normalized spacial score (nSPS) is 12.2. The zero-order valence-corrected chi connectivity index (χ0v) is 7.34. The summed E-state index contributed by atoms with van der Waals surface area (Å²) in [7, 11) is 0. The quantitative estimate of drug-likeness (QED) is 0.406. The van der Waals surface area contributed by atoms with Gasteiger partial charge < -0.3 is 0 Å². The van der Waals surface area contributed by atoms with Crippen molar-refractivity contribution in [2.75, 3.05) is 0 Å². The van der Waals surface area contributed by atoms with Crippen molar-refractivity contribution in [3.05, 3.63) is 35.1 Å². The van der Waals surface area contributed by atoms with E-state index in [1.807, 2.05) is 6.92 Å². The SMILES string of the molecule is C#CC(NN)c1cc(C)ccc1F. The Morgan fingerprint density at radius 3 is 2.85 bits per heavy atom. The molecule has 1 aromatic carbocycles. The third-order valence-electron chi connectivity index (χ3n) is 1.80. The van der Waals surface area contributed by atoms with Gasteiger partial charge in [0.25, 0.3) is 0 Å². The van der Waals surface area contributed by atoms with Gasteiger partial charge in [0.15, 0.2) is 0 Å². The molecule has 68 valence electrons. The molecule has 0 fully saturated rings. The fourth-order valence-electron chi connectivity index (χ4n) is 1.11. The molecule has 0 aliphatic carbocycles. The van der Waals surface area contributed by atoms with Crippen molar-refractivity contribution >= 4 is 0 Å². The molecule has 0 aliphatic heterocycles. The molecule has 1 atom stereocenters. The maximum Gasteiger partial charge on any atom is 0.129 e. The molecule has 0 aliphatic rings. The van der Waals surface area contributed by atoms with Crippen molar-refractivity contribution < 1.29 is 4.39 Å². The molecule has 1 aromatic rings. The van der Waals surface area contributed by atoms with Gasteiger partial charge in [-0.3, -0.25) is 5.84 Å². The molecule has 3 heteroatoms. The molecule has 3 N–H and O–H groups in total. The number of hydrazine groups is 1. The van der Waals surface area contributed by atoms with Gasteiger partial charge in [0.05, 0.1) is 0 Å². The first kappa shape index (κ1) is 9.72. The van der Waals surface area contributed by atoms with E-state index in [9.17, 15) is 4.39 Å². The van der Waals surface area contributed by atoms with E-state index >= 15 is 0 Å². The predicted octanol–water partition coefficient (Wildman–Crippen LogP) is 1.27. The molecule has 1 rings (SSSR count). The van der Waals surface area contributed by atoms with Crippen LogP contribution in [0.5, 0.6) is 0 Å². The maximum atomic E-state index is 13.2. The molecule has 0 radical (unpaired) electrons. The predicted molar refractivity (Wildman–Crippen MR) is 50.0 cm³/mol. The first-order chi connectivity index (χ1) is 6.19. The molecular formula is C10H11FN2. The van der Waals surface area contributed by atoms with Crippen LogP contribution in [-0.4, -0.2) is 0 Å². The van der Waals surface area contributed by atoms with E-state index in [-0.39, 0.29) is 5.82 Å². The van der Waals surface area contributed by atoms with Crippen LogP contribution in [0.25, 0.3) is 0 Å². The highest BCUT2D eigenvalue weighted by atomic mass is 19.1. The number of aryl methyl sites for hydroxylation is 1. The van der Waals surface area contributed by atoms with Crippen LogP contribution in [0, 0.1) is 25.1 Å². The van der Waals surface area contributed by atoms with Crippen LogP contribution >= 0.6 is 0 Å². The highest BCUT2D eigenvalue weighted by Crippen LogP contribution is 2.17. The molecule has 0 amide bonds. The number of hydrogen-bond acceptors (Lipinski definition) is 2. The van der Waals surface area contributed by atoms with Crippen molar-refractivity contribution in [2.24, 2.45) is 5.84 Å². The lowest BCUT2D eigenvalue weighted by Crippen LogP contribution is -2.27. The number of hydrogen-bond donors (Lipinski definition) is 2. The van der Waals surface area contributed by atoms with Crippen LogP contribution < -0.4 is 11.3 Å². The summed E-state index contributed by atoms with van der Waals surface area (Å²) in [6, 6.07) is 4.18. The van der Waals surface area contributed by atoms with Crippen LogP contribution in [0.15, 0.2) is 18.2 Å². The van der Waals surface area contributed by atoms with Crippen molar-refractivity contribution in [1.82, 2.24) is 5.43 Å². The van der Waals surface area contributed by atoms with E-state index in [1.54, 1.807) is 12.1 Å². The third-order valence-corrected chi connectivity index (χ3v) is 1.80. The van der Waals surface area contributed by atoms with Gasteiger partial charge in [0, 0.05) is 5.56 Å². The monoisotopic (exact) mass is 178 g/mol. The molecule has 0 saturated carbocycles. The Labute approximate surface area is 76.9 Å². The Morgan fingerprint density at radius 1 is 1.62 bits per heavy atom. The van der Waals surface area contributed by atoms with E-state index in [4.69, 9.17) is 12.3 Å². The largest absolute Gasteiger partial charge is 0.270 e. The zero-order chi connectivity index (χ0) is 9.84. The van der Waals surface area contributed by atoms with Crippen LogP contribution in [0.4, 0.5) is 4.39 Å². The summed E-state index contributed by atoms with van der Waals surface area (Å²) < 4.78 is 13.2. The Hall–Kier alpha value is -1.37. The third kappa shape index (κ3) is 2.05.